The van der Waals surface area contributed by atoms with E-state index >= 15 is 0 Å². The lowest BCUT2D eigenvalue weighted by atomic mass is 10.8. The van der Waals surface area contributed by atoms with Gasteiger partial charge >= 0.3 is 0 Å². The summed E-state index contributed by atoms with van der Waals surface area (Å²) in [5.41, 5.74) is 5.53. The standard InChI is InChI=1S/C8H15N5O2S2/c1-13(2)7-10-6(9)11-8(12-7)16-4-5-17(3,14)15/h4-5H2,1-3H3,(H2,9,10,11,12). The Bertz CT molecular complexity index is 489. The van der Waals surface area contributed by atoms with Gasteiger partial charge in [-0.3, -0.25) is 0 Å². The largest absolute Gasteiger partial charge is 0.368 e. The average Bonchev–Trinajstić information content (AvgIpc) is 2.14. The molecule has 7 nitrogen and oxygen atoms in total. The van der Waals surface area contributed by atoms with Crippen LogP contribution in [0.25, 0.3) is 0 Å². The molecule has 0 saturated carbocycles. The summed E-state index contributed by atoms with van der Waals surface area (Å²) in [6.07, 6.45) is 1.20. The molecule has 0 bridgehead atoms. The Morgan fingerprint density at radius 3 is 2.47 bits per heavy atom. The molecule has 0 radical (unpaired) electrons. The maximum atomic E-state index is 11.0. The lowest BCUT2D eigenvalue weighted by Crippen LogP contribution is -2.15. The Kier molecular flexibility index (Phi) is 4.52. The summed E-state index contributed by atoms with van der Waals surface area (Å²) in [6, 6.07) is 0. The highest BCUT2D eigenvalue weighted by Gasteiger charge is 2.08. The first-order valence-corrected chi connectivity index (χ1v) is 7.82. The topological polar surface area (TPSA) is 102 Å². The Morgan fingerprint density at radius 2 is 1.94 bits per heavy atom. The van der Waals surface area contributed by atoms with Crippen LogP contribution in [0.5, 0.6) is 0 Å². The van der Waals surface area contributed by atoms with Gasteiger partial charge in [-0.25, -0.2) is 8.42 Å². The Morgan fingerprint density at radius 1 is 1.29 bits per heavy atom. The number of hydrogen-bond acceptors (Lipinski definition) is 8. The van der Waals surface area contributed by atoms with Crippen LogP contribution < -0.4 is 10.6 Å². The molecule has 96 valence electrons. The van der Waals surface area contributed by atoms with Crippen LogP contribution in [0.15, 0.2) is 5.16 Å². The van der Waals surface area contributed by atoms with Crippen molar-refractivity contribution in [2.24, 2.45) is 0 Å². The van der Waals surface area contributed by atoms with Crippen molar-refractivity contribution in [2.75, 3.05) is 42.5 Å². The number of anilines is 2. The molecule has 0 atom stereocenters. The molecule has 0 aromatic carbocycles. The van der Waals surface area contributed by atoms with Gasteiger partial charge in [-0.2, -0.15) is 15.0 Å². The monoisotopic (exact) mass is 277 g/mol. The van der Waals surface area contributed by atoms with Crippen LogP contribution in [0.1, 0.15) is 0 Å². The minimum absolute atomic E-state index is 0.0839. The molecule has 1 aromatic heterocycles. The molecule has 0 aliphatic rings. The second kappa shape index (κ2) is 5.50. The van der Waals surface area contributed by atoms with Gasteiger partial charge in [0.15, 0.2) is 5.16 Å². The first-order valence-electron chi connectivity index (χ1n) is 4.77. The minimum atomic E-state index is -2.96. The Labute approximate surface area is 105 Å². The molecular weight excluding hydrogens is 262 g/mol. The summed E-state index contributed by atoms with van der Waals surface area (Å²) in [7, 11) is 0.618. The zero-order valence-electron chi connectivity index (χ0n) is 9.91. The zero-order chi connectivity index (χ0) is 13.1. The molecule has 0 amide bonds. The van der Waals surface area contributed by atoms with Crippen LogP contribution in [-0.2, 0) is 9.84 Å². The predicted molar refractivity (Wildman–Crippen MR) is 69.0 cm³/mol. The zero-order valence-corrected chi connectivity index (χ0v) is 11.5. The Hall–Kier alpha value is -1.09. The molecular formula is C8H15N5O2S2. The summed E-state index contributed by atoms with van der Waals surface area (Å²) in [5, 5.41) is 0.435. The maximum Gasteiger partial charge on any atom is 0.230 e. The summed E-state index contributed by atoms with van der Waals surface area (Å²) >= 11 is 1.24. The van der Waals surface area contributed by atoms with E-state index in [9.17, 15) is 8.42 Å². The van der Waals surface area contributed by atoms with E-state index in [1.54, 1.807) is 19.0 Å². The third-order valence-corrected chi connectivity index (χ3v) is 3.76. The summed E-state index contributed by atoms with van der Waals surface area (Å²) < 4.78 is 21.9. The van der Waals surface area contributed by atoms with Gasteiger partial charge in [-0.1, -0.05) is 11.8 Å². The van der Waals surface area contributed by atoms with Crippen molar-refractivity contribution < 1.29 is 8.42 Å². The fraction of sp³-hybridized carbons (Fsp3) is 0.625. The first-order chi connectivity index (χ1) is 7.78. The molecule has 0 unspecified atom stereocenters. The Balaban J connectivity index is 2.71. The average molecular weight is 277 g/mol. The third kappa shape index (κ3) is 5.18. The number of rotatable bonds is 5. The van der Waals surface area contributed by atoms with Crippen LogP contribution >= 0.6 is 11.8 Å². The van der Waals surface area contributed by atoms with E-state index in [-0.39, 0.29) is 11.7 Å². The number of nitrogens with zero attached hydrogens (tertiary/aromatic N) is 4. The van der Waals surface area contributed by atoms with Crippen molar-refractivity contribution in [1.29, 1.82) is 0 Å². The smallest absolute Gasteiger partial charge is 0.230 e. The number of nitrogen functional groups attached to an aromatic ring is 1. The lowest BCUT2D eigenvalue weighted by Gasteiger charge is -2.10. The molecule has 1 heterocycles. The van der Waals surface area contributed by atoms with Crippen molar-refractivity contribution >= 4 is 33.5 Å². The molecule has 0 aliphatic heterocycles. The number of thioether (sulfide) groups is 1. The van der Waals surface area contributed by atoms with Crippen LogP contribution in [-0.4, -0.2) is 55.2 Å². The van der Waals surface area contributed by atoms with Crippen molar-refractivity contribution in [3.8, 4) is 0 Å². The molecule has 0 saturated heterocycles. The normalized spacial score (nSPS) is 11.5. The fourth-order valence-corrected chi connectivity index (χ4v) is 2.94. The van der Waals surface area contributed by atoms with E-state index in [1.807, 2.05) is 0 Å². The second-order valence-corrected chi connectivity index (χ2v) is 6.97. The van der Waals surface area contributed by atoms with Crippen LogP contribution in [0.4, 0.5) is 11.9 Å². The maximum absolute atomic E-state index is 11.0. The number of hydrogen-bond donors (Lipinski definition) is 1. The third-order valence-electron chi connectivity index (χ3n) is 1.71. The second-order valence-electron chi connectivity index (χ2n) is 3.65. The molecule has 1 aromatic rings. The molecule has 0 aliphatic carbocycles. The SMILES string of the molecule is CN(C)c1nc(N)nc(SCCS(C)(=O)=O)n1. The van der Waals surface area contributed by atoms with Gasteiger partial charge in [0, 0.05) is 26.1 Å². The summed E-state index contributed by atoms with van der Waals surface area (Å²) in [6.45, 7) is 0. The predicted octanol–water partition coefficient (Wildman–Crippen LogP) is -0.343. The van der Waals surface area contributed by atoms with Crippen molar-refractivity contribution in [3.63, 3.8) is 0 Å². The first kappa shape index (κ1) is 14.0. The highest BCUT2D eigenvalue weighted by Crippen LogP contribution is 2.16. The van der Waals surface area contributed by atoms with E-state index in [4.69, 9.17) is 5.73 Å². The van der Waals surface area contributed by atoms with E-state index in [0.29, 0.717) is 16.9 Å². The van der Waals surface area contributed by atoms with Gasteiger partial charge in [-0.05, 0) is 0 Å². The molecule has 9 heteroatoms. The van der Waals surface area contributed by atoms with Crippen molar-refractivity contribution in [1.82, 2.24) is 15.0 Å². The van der Waals surface area contributed by atoms with E-state index in [1.165, 1.54) is 18.0 Å². The minimum Gasteiger partial charge on any atom is -0.368 e. The molecule has 0 fully saturated rings. The van der Waals surface area contributed by atoms with E-state index in [0.717, 1.165) is 0 Å². The number of sulfone groups is 1. The van der Waals surface area contributed by atoms with Crippen molar-refractivity contribution in [2.45, 2.75) is 5.16 Å². The van der Waals surface area contributed by atoms with Gasteiger partial charge in [-0.15, -0.1) is 0 Å². The summed E-state index contributed by atoms with van der Waals surface area (Å²) in [4.78, 5) is 13.7. The van der Waals surface area contributed by atoms with Crippen LogP contribution in [0.2, 0.25) is 0 Å². The lowest BCUT2D eigenvalue weighted by molar-refractivity contribution is 0.603. The highest BCUT2D eigenvalue weighted by molar-refractivity contribution is 8.00. The number of aromatic nitrogens is 3. The number of nitrogens with two attached hydrogens (primary N) is 1. The van der Waals surface area contributed by atoms with Gasteiger partial charge in [0.25, 0.3) is 0 Å². The van der Waals surface area contributed by atoms with Crippen LogP contribution in [0.3, 0.4) is 0 Å². The van der Waals surface area contributed by atoms with Crippen LogP contribution in [0, 0.1) is 0 Å². The highest BCUT2D eigenvalue weighted by atomic mass is 32.2. The van der Waals surface area contributed by atoms with Crippen molar-refractivity contribution in [3.05, 3.63) is 0 Å². The quantitative estimate of drug-likeness (QED) is 0.729. The molecule has 2 N–H and O–H groups in total. The van der Waals surface area contributed by atoms with Gasteiger partial charge in [0.05, 0.1) is 5.75 Å². The van der Waals surface area contributed by atoms with E-state index in [2.05, 4.69) is 15.0 Å². The van der Waals surface area contributed by atoms with Gasteiger partial charge in [0.1, 0.15) is 9.84 Å². The van der Waals surface area contributed by atoms with Gasteiger partial charge in [0.2, 0.25) is 11.9 Å². The molecule has 17 heavy (non-hydrogen) atoms. The molecule has 1 rings (SSSR count). The molecule has 0 spiro atoms. The summed E-state index contributed by atoms with van der Waals surface area (Å²) in [5.74, 6) is 1.07. The fourth-order valence-electron chi connectivity index (χ4n) is 0.910. The van der Waals surface area contributed by atoms with Gasteiger partial charge < -0.3 is 10.6 Å². The van der Waals surface area contributed by atoms with E-state index < -0.39 is 9.84 Å².